The van der Waals surface area contributed by atoms with Gasteiger partial charge in [-0.25, -0.2) is 0 Å². The summed E-state index contributed by atoms with van der Waals surface area (Å²) in [5.41, 5.74) is 1.15. The number of rotatable bonds is 0. The van der Waals surface area contributed by atoms with E-state index in [0.717, 1.165) is 12.0 Å². The van der Waals surface area contributed by atoms with Crippen molar-refractivity contribution in [2.45, 2.75) is 12.8 Å². The standard InChI is InChI=1S/C8H6OS/c9-7-1-2-8-6(5-7)3-4-10-8/h2,5H,1,3H2. The topological polar surface area (TPSA) is 17.1 Å². The Morgan fingerprint density at radius 2 is 2.50 bits per heavy atom. The van der Waals surface area contributed by atoms with Crippen LogP contribution in [-0.2, 0) is 4.79 Å². The zero-order chi connectivity index (χ0) is 6.97. The number of carbonyl (C=O) groups is 1. The van der Waals surface area contributed by atoms with Gasteiger partial charge in [-0.3, -0.25) is 4.79 Å². The Balaban J connectivity index is 2.35. The molecule has 1 aliphatic heterocycles. The summed E-state index contributed by atoms with van der Waals surface area (Å²) < 4.78 is 0. The summed E-state index contributed by atoms with van der Waals surface area (Å²) in [6, 6.07) is 0. The lowest BCUT2D eigenvalue weighted by atomic mass is 10.0. The molecular formula is C8H6OS. The number of carbonyl (C=O) groups excluding carboxylic acids is 1. The summed E-state index contributed by atoms with van der Waals surface area (Å²) >= 11 is 1.62. The third-order valence-corrected chi connectivity index (χ3v) is 2.52. The first-order valence-electron chi connectivity index (χ1n) is 3.20. The summed E-state index contributed by atoms with van der Waals surface area (Å²) in [4.78, 5) is 12.1. The van der Waals surface area contributed by atoms with Gasteiger partial charge in [0, 0.05) is 11.3 Å². The molecule has 2 radical (unpaired) electrons. The van der Waals surface area contributed by atoms with Gasteiger partial charge in [0.05, 0.1) is 5.75 Å². The molecule has 0 N–H and O–H groups in total. The average Bonchev–Trinajstić information content (AvgIpc) is 2.33. The van der Waals surface area contributed by atoms with E-state index in [4.69, 9.17) is 0 Å². The van der Waals surface area contributed by atoms with Gasteiger partial charge in [-0.15, -0.1) is 11.8 Å². The third-order valence-electron chi connectivity index (χ3n) is 1.59. The van der Waals surface area contributed by atoms with Crippen LogP contribution in [0.4, 0.5) is 0 Å². The number of fused-ring (bicyclic) bond motifs is 1. The number of thioether (sulfide) groups is 1. The highest BCUT2D eigenvalue weighted by Crippen LogP contribution is 2.40. The van der Waals surface area contributed by atoms with Crippen molar-refractivity contribution in [1.82, 2.24) is 0 Å². The van der Waals surface area contributed by atoms with E-state index in [0.29, 0.717) is 6.42 Å². The first kappa shape index (κ1) is 6.23. The Bertz CT molecular complexity index is 238. The first-order chi connectivity index (χ1) is 4.86. The van der Waals surface area contributed by atoms with Gasteiger partial charge in [-0.2, -0.15) is 0 Å². The van der Waals surface area contributed by atoms with Gasteiger partial charge in [-0.1, -0.05) is 6.08 Å². The maximum absolute atomic E-state index is 10.8. The summed E-state index contributed by atoms with van der Waals surface area (Å²) in [6.45, 7) is 0. The van der Waals surface area contributed by atoms with Gasteiger partial charge in [0.2, 0.25) is 0 Å². The lowest BCUT2D eigenvalue weighted by molar-refractivity contribution is -0.113. The summed E-state index contributed by atoms with van der Waals surface area (Å²) in [7, 11) is 0. The Morgan fingerprint density at radius 3 is 3.40 bits per heavy atom. The van der Waals surface area contributed by atoms with Crippen molar-refractivity contribution in [1.29, 1.82) is 0 Å². The molecule has 1 nitrogen and oxygen atoms in total. The van der Waals surface area contributed by atoms with E-state index in [-0.39, 0.29) is 5.78 Å². The van der Waals surface area contributed by atoms with Gasteiger partial charge in [0.1, 0.15) is 0 Å². The minimum atomic E-state index is 0.225. The van der Waals surface area contributed by atoms with Crippen molar-refractivity contribution < 1.29 is 4.79 Å². The zero-order valence-corrected chi connectivity index (χ0v) is 6.20. The third kappa shape index (κ3) is 0.926. The van der Waals surface area contributed by atoms with Crippen LogP contribution in [0.1, 0.15) is 12.8 Å². The minimum Gasteiger partial charge on any atom is -0.294 e. The normalized spacial score (nSPS) is 23.8. The fourth-order valence-corrected chi connectivity index (χ4v) is 1.90. The van der Waals surface area contributed by atoms with E-state index >= 15 is 0 Å². The number of ketones is 1. The molecule has 1 aliphatic carbocycles. The molecule has 50 valence electrons. The molecular weight excluding hydrogens is 144 g/mol. The highest BCUT2D eigenvalue weighted by molar-refractivity contribution is 8.05. The predicted octanol–water partition coefficient (Wildman–Crippen LogP) is 1.95. The molecule has 0 aromatic rings. The molecule has 1 heterocycles. The fourth-order valence-electron chi connectivity index (χ4n) is 1.09. The molecule has 0 aromatic heterocycles. The molecule has 1 saturated heterocycles. The number of hydrogen-bond acceptors (Lipinski definition) is 2. The van der Waals surface area contributed by atoms with Gasteiger partial charge >= 0.3 is 0 Å². The molecule has 0 aromatic carbocycles. The smallest absolute Gasteiger partial charge is 0.159 e. The molecule has 0 amide bonds. The van der Waals surface area contributed by atoms with E-state index < -0.39 is 0 Å². The summed E-state index contributed by atoms with van der Waals surface area (Å²) in [6.07, 6.45) is 5.14. The van der Waals surface area contributed by atoms with E-state index in [1.54, 1.807) is 17.8 Å². The monoisotopic (exact) mass is 150 g/mol. The number of allylic oxidation sites excluding steroid dienone is 3. The quantitative estimate of drug-likeness (QED) is 0.525. The van der Waals surface area contributed by atoms with Gasteiger partial charge in [0.15, 0.2) is 5.78 Å². The van der Waals surface area contributed by atoms with Crippen LogP contribution in [0.15, 0.2) is 22.6 Å². The molecule has 1 fully saturated rings. The van der Waals surface area contributed by atoms with E-state index in [2.05, 4.69) is 5.75 Å². The zero-order valence-electron chi connectivity index (χ0n) is 5.39. The molecule has 2 heteroatoms. The van der Waals surface area contributed by atoms with Crippen LogP contribution in [0.2, 0.25) is 0 Å². The molecule has 2 rings (SSSR count). The molecule has 0 bridgehead atoms. The van der Waals surface area contributed by atoms with E-state index in [1.807, 2.05) is 6.08 Å². The molecule has 2 aliphatic rings. The average molecular weight is 150 g/mol. The SMILES string of the molecule is O=C1C=C2C[C]SC2=CC1. The molecule has 10 heavy (non-hydrogen) atoms. The first-order valence-corrected chi connectivity index (χ1v) is 4.01. The van der Waals surface area contributed by atoms with Crippen molar-refractivity contribution in [3.05, 3.63) is 28.4 Å². The van der Waals surface area contributed by atoms with Crippen LogP contribution in [0.3, 0.4) is 0 Å². The minimum absolute atomic E-state index is 0.225. The largest absolute Gasteiger partial charge is 0.294 e. The lowest BCUT2D eigenvalue weighted by Crippen LogP contribution is -1.97. The molecule has 0 spiro atoms. The second-order valence-corrected chi connectivity index (χ2v) is 3.26. The van der Waals surface area contributed by atoms with Crippen LogP contribution in [-0.4, -0.2) is 5.78 Å². The van der Waals surface area contributed by atoms with Crippen molar-refractivity contribution in [3.63, 3.8) is 0 Å². The maximum Gasteiger partial charge on any atom is 0.159 e. The molecule has 0 unspecified atom stereocenters. The van der Waals surface area contributed by atoms with Gasteiger partial charge in [0.25, 0.3) is 0 Å². The van der Waals surface area contributed by atoms with Crippen molar-refractivity contribution in [2.24, 2.45) is 0 Å². The van der Waals surface area contributed by atoms with Crippen molar-refractivity contribution in [2.75, 3.05) is 0 Å². The van der Waals surface area contributed by atoms with Crippen LogP contribution >= 0.6 is 11.8 Å². The van der Waals surface area contributed by atoms with E-state index in [9.17, 15) is 4.79 Å². The van der Waals surface area contributed by atoms with Crippen LogP contribution in [0.25, 0.3) is 0 Å². The Labute approximate surface area is 64.2 Å². The Kier molecular flexibility index (Phi) is 1.42. The van der Waals surface area contributed by atoms with Gasteiger partial charge in [-0.05, 0) is 18.1 Å². The van der Waals surface area contributed by atoms with Gasteiger partial charge < -0.3 is 0 Å². The highest BCUT2D eigenvalue weighted by Gasteiger charge is 2.19. The van der Waals surface area contributed by atoms with Crippen LogP contribution in [0.5, 0.6) is 0 Å². The molecule has 0 saturated carbocycles. The number of hydrogen-bond donors (Lipinski definition) is 0. The second kappa shape index (κ2) is 2.27. The molecule has 0 atom stereocenters. The summed E-state index contributed by atoms with van der Waals surface area (Å²) in [5.74, 6) is 3.34. The predicted molar refractivity (Wildman–Crippen MR) is 41.2 cm³/mol. The van der Waals surface area contributed by atoms with Crippen LogP contribution < -0.4 is 0 Å². The second-order valence-electron chi connectivity index (χ2n) is 2.33. The Morgan fingerprint density at radius 1 is 1.60 bits per heavy atom. The van der Waals surface area contributed by atoms with Crippen molar-refractivity contribution in [3.8, 4) is 0 Å². The maximum atomic E-state index is 10.8. The van der Waals surface area contributed by atoms with Crippen molar-refractivity contribution >= 4 is 17.5 Å². The summed E-state index contributed by atoms with van der Waals surface area (Å²) in [5, 5.41) is 0. The lowest BCUT2D eigenvalue weighted by Gasteiger charge is -2.03. The highest BCUT2D eigenvalue weighted by atomic mass is 32.2. The Hall–Kier alpha value is -0.500. The van der Waals surface area contributed by atoms with E-state index in [1.165, 1.54) is 4.91 Å². The van der Waals surface area contributed by atoms with Crippen LogP contribution in [0, 0.1) is 5.75 Å². The fraction of sp³-hybridized carbons (Fsp3) is 0.250.